The monoisotopic (exact) mass is 226 g/mol. The summed E-state index contributed by atoms with van der Waals surface area (Å²) < 4.78 is 11.0. The molecule has 0 spiro atoms. The summed E-state index contributed by atoms with van der Waals surface area (Å²) in [6.07, 6.45) is 0. The van der Waals surface area contributed by atoms with Crippen LogP contribution in [0.1, 0.15) is 15.9 Å². The molecule has 3 heteroatoms. The van der Waals surface area contributed by atoms with E-state index in [0.29, 0.717) is 11.3 Å². The van der Waals surface area contributed by atoms with Crippen LogP contribution in [-0.2, 0) is 11.3 Å². The second-order valence-corrected chi connectivity index (χ2v) is 3.78. The maximum absolute atomic E-state index is 11.8. The first-order chi connectivity index (χ1) is 8.34. The van der Waals surface area contributed by atoms with Gasteiger partial charge in [-0.1, -0.05) is 30.3 Å². The lowest BCUT2D eigenvalue weighted by Gasteiger charge is -2.17. The third kappa shape index (κ3) is 1.76. The van der Waals surface area contributed by atoms with E-state index in [4.69, 9.17) is 9.47 Å². The summed E-state index contributed by atoms with van der Waals surface area (Å²) in [5.74, 6) is 0.909. The zero-order valence-electron chi connectivity index (χ0n) is 9.05. The van der Waals surface area contributed by atoms with Gasteiger partial charge in [-0.25, -0.2) is 4.79 Å². The van der Waals surface area contributed by atoms with E-state index in [1.807, 2.05) is 30.3 Å². The van der Waals surface area contributed by atoms with Crippen molar-refractivity contribution in [3.8, 4) is 11.5 Å². The number of hydrogen-bond acceptors (Lipinski definition) is 3. The Kier molecular flexibility index (Phi) is 2.29. The number of hydrogen-bond donors (Lipinski definition) is 0. The van der Waals surface area contributed by atoms with Crippen molar-refractivity contribution in [2.75, 3.05) is 0 Å². The predicted molar refractivity (Wildman–Crippen MR) is 62.1 cm³/mol. The first kappa shape index (κ1) is 9.90. The highest BCUT2D eigenvalue weighted by molar-refractivity contribution is 5.92. The number of para-hydroxylation sites is 2. The summed E-state index contributed by atoms with van der Waals surface area (Å²) in [7, 11) is 0. The molecule has 84 valence electrons. The Morgan fingerprint density at radius 3 is 2.47 bits per heavy atom. The lowest BCUT2D eigenvalue weighted by molar-refractivity contribution is 0.0460. The Balaban J connectivity index is 2.12. The van der Waals surface area contributed by atoms with Crippen LogP contribution in [0.4, 0.5) is 0 Å². The number of fused-ring (bicyclic) bond motifs is 2. The SMILES string of the molecule is O=C1OCc2ccccc2Oc2ccccc21. The Morgan fingerprint density at radius 2 is 1.59 bits per heavy atom. The highest BCUT2D eigenvalue weighted by Crippen LogP contribution is 2.31. The normalized spacial score (nSPS) is 13.5. The van der Waals surface area contributed by atoms with Crippen molar-refractivity contribution < 1.29 is 14.3 Å². The number of esters is 1. The molecule has 0 aromatic heterocycles. The Labute approximate surface area is 98.6 Å². The molecule has 0 amide bonds. The van der Waals surface area contributed by atoms with Crippen molar-refractivity contribution >= 4 is 5.97 Å². The molecule has 0 unspecified atom stereocenters. The lowest BCUT2D eigenvalue weighted by Crippen LogP contribution is -2.10. The Morgan fingerprint density at radius 1 is 0.882 bits per heavy atom. The maximum atomic E-state index is 11.8. The first-order valence-electron chi connectivity index (χ1n) is 5.36. The minimum atomic E-state index is -0.352. The molecule has 0 atom stereocenters. The summed E-state index contributed by atoms with van der Waals surface area (Å²) >= 11 is 0. The van der Waals surface area contributed by atoms with Crippen LogP contribution in [-0.4, -0.2) is 5.97 Å². The third-order valence-electron chi connectivity index (χ3n) is 2.66. The first-order valence-corrected chi connectivity index (χ1v) is 5.36. The van der Waals surface area contributed by atoms with E-state index >= 15 is 0 Å². The summed E-state index contributed by atoms with van der Waals surface area (Å²) in [5.41, 5.74) is 1.33. The number of rotatable bonds is 0. The van der Waals surface area contributed by atoms with Crippen molar-refractivity contribution in [2.45, 2.75) is 6.61 Å². The molecule has 2 aromatic carbocycles. The van der Waals surface area contributed by atoms with Crippen LogP contribution >= 0.6 is 0 Å². The standard InChI is InChI=1S/C14H10O3/c15-14-11-6-2-4-8-13(11)17-12-7-3-1-5-10(12)9-16-14/h1-8H,9H2. The van der Waals surface area contributed by atoms with Crippen LogP contribution in [0.3, 0.4) is 0 Å². The van der Waals surface area contributed by atoms with Crippen LogP contribution in [0, 0.1) is 0 Å². The number of carbonyl (C=O) groups is 1. The molecule has 0 bridgehead atoms. The molecule has 1 aliphatic rings. The van der Waals surface area contributed by atoms with Gasteiger partial charge in [0.25, 0.3) is 0 Å². The zero-order valence-corrected chi connectivity index (χ0v) is 9.05. The van der Waals surface area contributed by atoms with Gasteiger partial charge in [-0.3, -0.25) is 0 Å². The van der Waals surface area contributed by atoms with E-state index in [0.717, 1.165) is 11.3 Å². The molecule has 3 nitrogen and oxygen atoms in total. The minimum absolute atomic E-state index is 0.239. The molecule has 1 heterocycles. The van der Waals surface area contributed by atoms with E-state index in [1.54, 1.807) is 18.2 Å². The van der Waals surface area contributed by atoms with Crippen LogP contribution in [0.25, 0.3) is 0 Å². The van der Waals surface area contributed by atoms with E-state index in [1.165, 1.54) is 0 Å². The maximum Gasteiger partial charge on any atom is 0.342 e. The molecule has 0 saturated carbocycles. The summed E-state index contributed by atoms with van der Waals surface area (Å²) in [6.45, 7) is 0.239. The van der Waals surface area contributed by atoms with E-state index < -0.39 is 0 Å². The molecule has 1 aliphatic heterocycles. The molecule has 0 N–H and O–H groups in total. The van der Waals surface area contributed by atoms with Crippen molar-refractivity contribution in [3.05, 3.63) is 59.7 Å². The van der Waals surface area contributed by atoms with Gasteiger partial charge in [0.1, 0.15) is 23.7 Å². The number of carbonyl (C=O) groups excluding carboxylic acids is 1. The van der Waals surface area contributed by atoms with Crippen molar-refractivity contribution in [3.63, 3.8) is 0 Å². The zero-order chi connectivity index (χ0) is 11.7. The van der Waals surface area contributed by atoms with Gasteiger partial charge in [-0.05, 0) is 18.2 Å². The molecule has 2 aromatic rings. The van der Waals surface area contributed by atoms with Gasteiger partial charge in [0.05, 0.1) is 0 Å². The second-order valence-electron chi connectivity index (χ2n) is 3.78. The third-order valence-corrected chi connectivity index (χ3v) is 2.66. The van der Waals surface area contributed by atoms with Crippen LogP contribution in [0.15, 0.2) is 48.5 Å². The van der Waals surface area contributed by atoms with Gasteiger partial charge >= 0.3 is 5.97 Å². The van der Waals surface area contributed by atoms with Gasteiger partial charge in [-0.2, -0.15) is 0 Å². The fraction of sp³-hybridized carbons (Fsp3) is 0.0714. The minimum Gasteiger partial charge on any atom is -0.457 e. The second kappa shape index (κ2) is 3.94. The smallest absolute Gasteiger partial charge is 0.342 e. The molecular formula is C14H10O3. The lowest BCUT2D eigenvalue weighted by atomic mass is 10.1. The van der Waals surface area contributed by atoms with E-state index in [2.05, 4.69) is 0 Å². The van der Waals surface area contributed by atoms with Gasteiger partial charge < -0.3 is 9.47 Å². The molecule has 3 rings (SSSR count). The quantitative estimate of drug-likeness (QED) is 0.647. The molecule has 17 heavy (non-hydrogen) atoms. The van der Waals surface area contributed by atoms with E-state index in [-0.39, 0.29) is 12.6 Å². The average Bonchev–Trinajstić information content (AvgIpc) is 2.36. The van der Waals surface area contributed by atoms with Crippen LogP contribution < -0.4 is 4.74 Å². The van der Waals surface area contributed by atoms with Gasteiger partial charge in [0, 0.05) is 5.56 Å². The molecule has 0 radical (unpaired) electrons. The predicted octanol–water partition coefficient (Wildman–Crippen LogP) is 3.15. The van der Waals surface area contributed by atoms with Gasteiger partial charge in [0.2, 0.25) is 0 Å². The summed E-state index contributed by atoms with van der Waals surface area (Å²) in [4.78, 5) is 11.8. The number of benzene rings is 2. The van der Waals surface area contributed by atoms with Crippen LogP contribution in [0.2, 0.25) is 0 Å². The highest BCUT2D eigenvalue weighted by Gasteiger charge is 2.18. The summed E-state index contributed by atoms with van der Waals surface area (Å²) in [5, 5.41) is 0. The van der Waals surface area contributed by atoms with Gasteiger partial charge in [-0.15, -0.1) is 0 Å². The summed E-state index contributed by atoms with van der Waals surface area (Å²) in [6, 6.07) is 14.6. The van der Waals surface area contributed by atoms with E-state index in [9.17, 15) is 4.79 Å². The van der Waals surface area contributed by atoms with Crippen molar-refractivity contribution in [1.82, 2.24) is 0 Å². The fourth-order valence-electron chi connectivity index (χ4n) is 1.79. The number of ether oxygens (including phenoxy) is 2. The molecule has 0 fully saturated rings. The topological polar surface area (TPSA) is 35.5 Å². The molecule has 0 aliphatic carbocycles. The largest absolute Gasteiger partial charge is 0.457 e. The fourth-order valence-corrected chi connectivity index (χ4v) is 1.79. The average molecular weight is 226 g/mol. The molecular weight excluding hydrogens is 216 g/mol. The van der Waals surface area contributed by atoms with Crippen LogP contribution in [0.5, 0.6) is 11.5 Å². The molecule has 0 saturated heterocycles. The van der Waals surface area contributed by atoms with Gasteiger partial charge in [0.15, 0.2) is 0 Å². The Hall–Kier alpha value is -2.29. The Bertz CT molecular complexity index is 575. The van der Waals surface area contributed by atoms with Crippen molar-refractivity contribution in [2.24, 2.45) is 0 Å². The number of cyclic esters (lactones) is 1. The van der Waals surface area contributed by atoms with Crippen molar-refractivity contribution in [1.29, 1.82) is 0 Å². The highest BCUT2D eigenvalue weighted by atomic mass is 16.5.